The molecule has 0 bridgehead atoms. The minimum absolute atomic E-state index is 0.0753. The van der Waals surface area contributed by atoms with Gasteiger partial charge in [0.2, 0.25) is 0 Å². The molecule has 1 saturated carbocycles. The van der Waals surface area contributed by atoms with Crippen molar-refractivity contribution in [2.24, 2.45) is 5.41 Å². The van der Waals surface area contributed by atoms with E-state index in [1.54, 1.807) is 0 Å². The number of hydrogen-bond acceptors (Lipinski definition) is 3. The minimum Gasteiger partial charge on any atom is -0.361 e. The second kappa shape index (κ2) is 6.85. The molecule has 104 valence electrons. The van der Waals surface area contributed by atoms with E-state index in [-0.39, 0.29) is 22.6 Å². The predicted molar refractivity (Wildman–Crippen MR) is 80.9 cm³/mol. The first-order chi connectivity index (χ1) is 8.89. The number of nitrogens with one attached hydrogen (secondary N) is 1. The number of ketones is 2. The molecule has 0 atom stereocenters. The third-order valence-electron chi connectivity index (χ3n) is 2.96. The Morgan fingerprint density at radius 1 is 1.32 bits per heavy atom. The summed E-state index contributed by atoms with van der Waals surface area (Å²) in [6.07, 6.45) is 8.11. The maximum Gasteiger partial charge on any atom is 0.168 e. The average molecular weight is 326 g/mol. The Balaban J connectivity index is 2.80. The van der Waals surface area contributed by atoms with Crippen LogP contribution >= 0.6 is 15.9 Å². The summed E-state index contributed by atoms with van der Waals surface area (Å²) < 4.78 is 0. The first-order valence-corrected chi connectivity index (χ1v) is 7.43. The standard InChI is InChI=1S/C15H20BrNO2/c1-4-11(6-5-7-16)17-10-12-13(18)8-15(2,3)9-14(12)19/h4-6,10,17H,7-9H2,1-3H3/b6-5-,11-4+. The van der Waals surface area contributed by atoms with E-state index in [4.69, 9.17) is 0 Å². The molecule has 1 fully saturated rings. The lowest BCUT2D eigenvalue weighted by atomic mass is 9.74. The molecule has 0 saturated heterocycles. The molecule has 0 heterocycles. The molecule has 1 rings (SSSR count). The number of carbonyl (C=O) groups excluding carboxylic acids is 2. The van der Waals surface area contributed by atoms with Gasteiger partial charge in [0.25, 0.3) is 0 Å². The van der Waals surface area contributed by atoms with E-state index in [9.17, 15) is 9.59 Å². The van der Waals surface area contributed by atoms with Gasteiger partial charge in [-0.15, -0.1) is 0 Å². The number of carbonyl (C=O) groups is 2. The van der Waals surface area contributed by atoms with Crippen LogP contribution in [-0.2, 0) is 9.59 Å². The zero-order chi connectivity index (χ0) is 14.5. The fourth-order valence-electron chi connectivity index (χ4n) is 1.99. The Morgan fingerprint density at radius 3 is 2.37 bits per heavy atom. The topological polar surface area (TPSA) is 46.2 Å². The molecule has 0 aromatic rings. The third kappa shape index (κ3) is 4.78. The fraction of sp³-hybridized carbons (Fsp3) is 0.467. The van der Waals surface area contributed by atoms with Gasteiger partial charge in [0.1, 0.15) is 0 Å². The van der Waals surface area contributed by atoms with Crippen LogP contribution in [0, 0.1) is 5.41 Å². The molecule has 0 amide bonds. The smallest absolute Gasteiger partial charge is 0.168 e. The maximum absolute atomic E-state index is 12.0. The summed E-state index contributed by atoms with van der Waals surface area (Å²) in [5, 5.41) is 3.77. The minimum atomic E-state index is -0.217. The number of rotatable bonds is 4. The van der Waals surface area contributed by atoms with Gasteiger partial charge >= 0.3 is 0 Å². The summed E-state index contributed by atoms with van der Waals surface area (Å²) in [5.74, 6) is -0.151. The van der Waals surface area contributed by atoms with Crippen molar-refractivity contribution in [2.75, 3.05) is 5.33 Å². The Kier molecular flexibility index (Phi) is 5.73. The lowest BCUT2D eigenvalue weighted by Gasteiger charge is -2.28. The molecule has 19 heavy (non-hydrogen) atoms. The Labute approximate surface area is 123 Å². The van der Waals surface area contributed by atoms with Crippen molar-refractivity contribution in [3.05, 3.63) is 35.7 Å². The summed E-state index contributed by atoms with van der Waals surface area (Å²) in [5.41, 5.74) is 0.924. The van der Waals surface area contributed by atoms with E-state index < -0.39 is 0 Å². The second-order valence-electron chi connectivity index (χ2n) is 5.37. The van der Waals surface area contributed by atoms with Crippen LogP contribution in [0.5, 0.6) is 0 Å². The first-order valence-electron chi connectivity index (χ1n) is 6.31. The summed E-state index contributed by atoms with van der Waals surface area (Å²) >= 11 is 3.30. The van der Waals surface area contributed by atoms with Gasteiger partial charge < -0.3 is 5.32 Å². The van der Waals surface area contributed by atoms with E-state index in [2.05, 4.69) is 21.2 Å². The van der Waals surface area contributed by atoms with Crippen molar-refractivity contribution in [3.63, 3.8) is 0 Å². The van der Waals surface area contributed by atoms with Crippen molar-refractivity contribution >= 4 is 27.5 Å². The van der Waals surface area contributed by atoms with E-state index in [1.807, 2.05) is 39.0 Å². The van der Waals surface area contributed by atoms with E-state index >= 15 is 0 Å². The quantitative estimate of drug-likeness (QED) is 0.373. The van der Waals surface area contributed by atoms with Gasteiger partial charge in [-0.1, -0.05) is 41.9 Å². The molecule has 0 unspecified atom stereocenters. The van der Waals surface area contributed by atoms with Gasteiger partial charge in [0, 0.05) is 30.1 Å². The van der Waals surface area contributed by atoms with E-state index in [1.165, 1.54) is 6.20 Å². The van der Waals surface area contributed by atoms with Gasteiger partial charge in [0.05, 0.1) is 5.57 Å². The summed E-state index contributed by atoms with van der Waals surface area (Å²) in [6, 6.07) is 0. The monoisotopic (exact) mass is 325 g/mol. The first kappa shape index (κ1) is 15.9. The van der Waals surface area contributed by atoms with Crippen LogP contribution < -0.4 is 5.32 Å². The zero-order valence-electron chi connectivity index (χ0n) is 11.6. The van der Waals surface area contributed by atoms with Crippen LogP contribution in [-0.4, -0.2) is 16.9 Å². The van der Waals surface area contributed by atoms with Crippen molar-refractivity contribution in [3.8, 4) is 0 Å². The molecular weight excluding hydrogens is 306 g/mol. The molecule has 0 aromatic carbocycles. The van der Waals surface area contributed by atoms with Gasteiger partial charge in [-0.25, -0.2) is 0 Å². The van der Waals surface area contributed by atoms with Crippen LogP contribution in [0.1, 0.15) is 33.6 Å². The molecule has 0 radical (unpaired) electrons. The highest BCUT2D eigenvalue weighted by atomic mass is 79.9. The van der Waals surface area contributed by atoms with Crippen LogP contribution in [0.2, 0.25) is 0 Å². The highest BCUT2D eigenvalue weighted by Crippen LogP contribution is 2.33. The fourth-order valence-corrected chi connectivity index (χ4v) is 2.18. The van der Waals surface area contributed by atoms with Crippen LogP contribution in [0.25, 0.3) is 0 Å². The van der Waals surface area contributed by atoms with Gasteiger partial charge in [-0.3, -0.25) is 9.59 Å². The molecule has 4 heteroatoms. The van der Waals surface area contributed by atoms with Gasteiger partial charge in [-0.2, -0.15) is 0 Å². The van der Waals surface area contributed by atoms with Gasteiger partial charge in [0.15, 0.2) is 11.6 Å². The molecule has 3 nitrogen and oxygen atoms in total. The van der Waals surface area contributed by atoms with Crippen molar-refractivity contribution in [1.82, 2.24) is 5.32 Å². The number of halogens is 1. The second-order valence-corrected chi connectivity index (χ2v) is 6.01. The van der Waals surface area contributed by atoms with Crippen molar-refractivity contribution in [1.29, 1.82) is 0 Å². The van der Waals surface area contributed by atoms with Crippen LogP contribution in [0.3, 0.4) is 0 Å². The number of Topliss-reactive ketones (excluding diaryl/α,β-unsaturated/α-hetero) is 2. The Bertz CT molecular complexity index is 437. The normalized spacial score (nSPS) is 20.0. The highest BCUT2D eigenvalue weighted by molar-refractivity contribution is 9.09. The largest absolute Gasteiger partial charge is 0.361 e. The number of alkyl halides is 1. The lowest BCUT2D eigenvalue weighted by molar-refractivity contribution is -0.127. The summed E-state index contributed by atoms with van der Waals surface area (Å²) in [7, 11) is 0. The molecule has 0 spiro atoms. The van der Waals surface area contributed by atoms with E-state index in [0.717, 1.165) is 11.0 Å². The Hall–Kier alpha value is -1.16. The van der Waals surface area contributed by atoms with E-state index in [0.29, 0.717) is 12.8 Å². The highest BCUT2D eigenvalue weighted by Gasteiger charge is 2.35. The number of hydrogen-bond donors (Lipinski definition) is 1. The van der Waals surface area contributed by atoms with Crippen LogP contribution in [0.15, 0.2) is 35.7 Å². The lowest BCUT2D eigenvalue weighted by Crippen LogP contribution is -2.32. The van der Waals surface area contributed by atoms with Gasteiger partial charge in [-0.05, 0) is 18.4 Å². The third-order valence-corrected chi connectivity index (χ3v) is 3.33. The molecule has 1 aliphatic carbocycles. The zero-order valence-corrected chi connectivity index (χ0v) is 13.2. The Morgan fingerprint density at radius 2 is 1.89 bits per heavy atom. The molecule has 1 aliphatic rings. The molecule has 1 N–H and O–H groups in total. The summed E-state index contributed by atoms with van der Waals surface area (Å²) in [4.78, 5) is 23.9. The summed E-state index contributed by atoms with van der Waals surface area (Å²) in [6.45, 7) is 5.79. The maximum atomic E-state index is 12.0. The van der Waals surface area contributed by atoms with Crippen molar-refractivity contribution in [2.45, 2.75) is 33.6 Å². The molecular formula is C15H20BrNO2. The predicted octanol–water partition coefficient (Wildman–Crippen LogP) is 3.27. The molecule has 0 aromatic heterocycles. The van der Waals surface area contributed by atoms with Crippen molar-refractivity contribution < 1.29 is 9.59 Å². The average Bonchev–Trinajstić information content (AvgIpc) is 2.30. The van der Waals surface area contributed by atoms with Crippen LogP contribution in [0.4, 0.5) is 0 Å². The molecule has 0 aliphatic heterocycles. The number of allylic oxidation sites excluding steroid dienone is 4. The SMILES string of the molecule is C/C=C(\C=C/CBr)NC=C1C(=O)CC(C)(C)CC1=O.